The summed E-state index contributed by atoms with van der Waals surface area (Å²) in [7, 11) is -1.06. The first-order chi connectivity index (χ1) is 14.8. The smallest absolute Gasteiger partial charge is 0.257 e. The van der Waals surface area contributed by atoms with Crippen molar-refractivity contribution in [1.82, 2.24) is 9.88 Å². The fraction of sp³-hybridized carbons (Fsp3) is 0.167. The lowest BCUT2D eigenvalue weighted by Gasteiger charge is -2.15. The van der Waals surface area contributed by atoms with Gasteiger partial charge in [-0.3, -0.25) is 13.8 Å². The number of rotatable bonds is 6. The van der Waals surface area contributed by atoms with Crippen molar-refractivity contribution in [2.45, 2.75) is 24.9 Å². The van der Waals surface area contributed by atoms with Gasteiger partial charge in [0.15, 0.2) is 0 Å². The van der Waals surface area contributed by atoms with Gasteiger partial charge < -0.3 is 9.88 Å². The lowest BCUT2D eigenvalue weighted by atomic mass is 10.1. The molecule has 0 aliphatic carbocycles. The fourth-order valence-corrected chi connectivity index (χ4v) is 3.99. The molecule has 1 unspecified atom stereocenters. The molecule has 0 aliphatic rings. The first-order valence-electron chi connectivity index (χ1n) is 9.46. The third-order valence-corrected chi connectivity index (χ3v) is 6.77. The monoisotopic (exact) mass is 496 g/mol. The second-order valence-corrected chi connectivity index (χ2v) is 9.19. The van der Waals surface area contributed by atoms with Gasteiger partial charge in [-0.25, -0.2) is 0 Å². The number of carbonyl (C=O) groups is 1. The molecule has 0 radical (unpaired) electrons. The summed E-state index contributed by atoms with van der Waals surface area (Å²) in [5, 5.41) is 2.79. The van der Waals surface area contributed by atoms with Crippen LogP contribution in [0.4, 0.5) is 0 Å². The molecule has 158 valence electrons. The highest BCUT2D eigenvalue weighted by molar-refractivity contribution is 9.10. The van der Waals surface area contributed by atoms with Gasteiger partial charge in [0, 0.05) is 52.5 Å². The number of nitrogens with zero attached hydrogens (tertiary/aromatic N) is 1. The summed E-state index contributed by atoms with van der Waals surface area (Å²) >= 11 is 3.33. The predicted octanol–water partition coefficient (Wildman–Crippen LogP) is 3.62. The topological polar surface area (TPSA) is 68.2 Å². The van der Waals surface area contributed by atoms with Gasteiger partial charge in [0.2, 0.25) is 5.43 Å². The SMILES string of the molecule is C#Cc1ccc(Cn2cc(C(=O)NCc3ccc(S(C)=O)cc3)c(=O)c(Br)c2C)cc1. The highest BCUT2D eigenvalue weighted by Gasteiger charge is 2.17. The highest BCUT2D eigenvalue weighted by atomic mass is 79.9. The van der Waals surface area contributed by atoms with E-state index in [1.54, 1.807) is 36.7 Å². The minimum atomic E-state index is -1.06. The van der Waals surface area contributed by atoms with Gasteiger partial charge in [-0.15, -0.1) is 6.42 Å². The molecule has 3 rings (SSSR count). The van der Waals surface area contributed by atoms with Crippen LogP contribution in [0.3, 0.4) is 0 Å². The van der Waals surface area contributed by atoms with Gasteiger partial charge in [-0.1, -0.05) is 30.2 Å². The summed E-state index contributed by atoms with van der Waals surface area (Å²) in [5.74, 6) is 2.13. The number of amides is 1. The van der Waals surface area contributed by atoms with Crippen LogP contribution in [0.2, 0.25) is 0 Å². The van der Waals surface area contributed by atoms with Gasteiger partial charge in [0.05, 0.1) is 4.47 Å². The molecule has 2 aromatic carbocycles. The van der Waals surface area contributed by atoms with E-state index in [4.69, 9.17) is 6.42 Å². The molecule has 0 aliphatic heterocycles. The minimum absolute atomic E-state index is 0.0593. The molecule has 31 heavy (non-hydrogen) atoms. The van der Waals surface area contributed by atoms with E-state index in [9.17, 15) is 13.8 Å². The molecule has 0 saturated carbocycles. The van der Waals surface area contributed by atoms with Crippen LogP contribution < -0.4 is 10.7 Å². The van der Waals surface area contributed by atoms with E-state index in [1.165, 1.54) is 0 Å². The molecule has 0 bridgehead atoms. The molecule has 7 heteroatoms. The molecule has 1 atom stereocenters. The van der Waals surface area contributed by atoms with Gasteiger partial charge in [0.25, 0.3) is 5.91 Å². The van der Waals surface area contributed by atoms with Gasteiger partial charge >= 0.3 is 0 Å². The van der Waals surface area contributed by atoms with Crippen molar-refractivity contribution in [3.05, 3.63) is 97.4 Å². The lowest BCUT2D eigenvalue weighted by molar-refractivity contribution is 0.0949. The van der Waals surface area contributed by atoms with Crippen LogP contribution in [0.5, 0.6) is 0 Å². The Morgan fingerprint density at radius 1 is 1.13 bits per heavy atom. The summed E-state index contributed by atoms with van der Waals surface area (Å²) in [5.41, 5.74) is 3.07. The second-order valence-electron chi connectivity index (χ2n) is 7.02. The van der Waals surface area contributed by atoms with E-state index in [2.05, 4.69) is 27.2 Å². The fourth-order valence-electron chi connectivity index (χ4n) is 3.03. The zero-order valence-electron chi connectivity index (χ0n) is 17.1. The lowest BCUT2D eigenvalue weighted by Crippen LogP contribution is -2.30. The van der Waals surface area contributed by atoms with Crippen molar-refractivity contribution in [3.63, 3.8) is 0 Å². The Morgan fingerprint density at radius 2 is 1.74 bits per heavy atom. The van der Waals surface area contributed by atoms with E-state index in [0.29, 0.717) is 11.0 Å². The van der Waals surface area contributed by atoms with E-state index < -0.39 is 16.7 Å². The molecular weight excluding hydrogens is 476 g/mol. The molecule has 0 fully saturated rings. The summed E-state index contributed by atoms with van der Waals surface area (Å²) in [6, 6.07) is 14.7. The largest absolute Gasteiger partial charge is 0.348 e. The van der Waals surface area contributed by atoms with E-state index >= 15 is 0 Å². The average Bonchev–Trinajstić information content (AvgIpc) is 2.78. The Morgan fingerprint density at radius 3 is 2.32 bits per heavy atom. The number of hydrogen-bond donors (Lipinski definition) is 1. The maximum Gasteiger partial charge on any atom is 0.257 e. The zero-order valence-corrected chi connectivity index (χ0v) is 19.5. The maximum atomic E-state index is 12.7. The molecule has 1 aromatic heterocycles. The number of hydrogen-bond acceptors (Lipinski definition) is 3. The summed E-state index contributed by atoms with van der Waals surface area (Å²) in [6.07, 6.45) is 8.59. The van der Waals surface area contributed by atoms with E-state index in [-0.39, 0.29) is 17.5 Å². The third-order valence-electron chi connectivity index (χ3n) is 4.90. The zero-order chi connectivity index (χ0) is 22.5. The molecule has 0 saturated heterocycles. The van der Waals surface area contributed by atoms with E-state index in [0.717, 1.165) is 27.3 Å². The molecule has 1 amide bonds. The number of pyridine rings is 1. The normalized spacial score (nSPS) is 11.5. The molecule has 1 heterocycles. The molecule has 1 N–H and O–H groups in total. The number of carbonyl (C=O) groups excluding carboxylic acids is 1. The van der Waals surface area contributed by atoms with Crippen LogP contribution in [-0.2, 0) is 23.9 Å². The first-order valence-corrected chi connectivity index (χ1v) is 11.8. The summed E-state index contributed by atoms with van der Waals surface area (Å²) in [4.78, 5) is 26.1. The van der Waals surface area contributed by atoms with Crippen molar-refractivity contribution in [2.24, 2.45) is 0 Å². The van der Waals surface area contributed by atoms with Crippen LogP contribution in [-0.4, -0.2) is 20.9 Å². The van der Waals surface area contributed by atoms with Crippen LogP contribution in [0.25, 0.3) is 0 Å². The van der Waals surface area contributed by atoms with Crippen molar-refractivity contribution < 1.29 is 9.00 Å². The quantitative estimate of drug-likeness (QED) is 0.530. The number of halogens is 1. The van der Waals surface area contributed by atoms with Crippen molar-refractivity contribution in [2.75, 3.05) is 6.26 Å². The second kappa shape index (κ2) is 9.90. The van der Waals surface area contributed by atoms with Crippen LogP contribution in [0, 0.1) is 19.3 Å². The van der Waals surface area contributed by atoms with Crippen molar-refractivity contribution in [1.29, 1.82) is 0 Å². The average molecular weight is 497 g/mol. The van der Waals surface area contributed by atoms with Crippen LogP contribution >= 0.6 is 15.9 Å². The van der Waals surface area contributed by atoms with E-state index in [1.807, 2.05) is 35.8 Å². The third kappa shape index (κ3) is 5.40. The minimum Gasteiger partial charge on any atom is -0.348 e. The standard InChI is InChI=1S/C24H21BrN2O3S/c1-4-17-5-7-19(8-6-17)14-27-15-21(23(28)22(25)16(27)2)24(29)26-13-18-9-11-20(12-10-18)31(3)30/h1,5-12,15H,13-14H2,2-3H3,(H,26,29). The van der Waals surface area contributed by atoms with Gasteiger partial charge in [-0.05, 0) is 58.2 Å². The van der Waals surface area contributed by atoms with Crippen LogP contribution in [0.1, 0.15) is 32.7 Å². The number of aromatic nitrogens is 1. The number of nitrogens with one attached hydrogen (secondary N) is 1. The molecule has 0 spiro atoms. The predicted molar refractivity (Wildman–Crippen MR) is 127 cm³/mol. The van der Waals surface area contributed by atoms with Gasteiger partial charge in [-0.2, -0.15) is 0 Å². The number of benzene rings is 2. The van der Waals surface area contributed by atoms with Crippen molar-refractivity contribution in [3.8, 4) is 12.3 Å². The van der Waals surface area contributed by atoms with Gasteiger partial charge in [0.1, 0.15) is 5.56 Å². The highest BCUT2D eigenvalue weighted by Crippen LogP contribution is 2.15. The van der Waals surface area contributed by atoms with Crippen molar-refractivity contribution >= 4 is 32.6 Å². The summed E-state index contributed by atoms with van der Waals surface area (Å²) in [6.45, 7) is 2.57. The van der Waals surface area contributed by atoms with Crippen LogP contribution in [0.15, 0.2) is 68.9 Å². The Hall–Kier alpha value is -2.95. The Bertz CT molecular complexity index is 1240. The Labute approximate surface area is 192 Å². The maximum absolute atomic E-state index is 12.7. The molecule has 3 aromatic rings. The summed E-state index contributed by atoms with van der Waals surface area (Å²) < 4.78 is 13.7. The first kappa shape index (κ1) is 22.7. The molecule has 5 nitrogen and oxygen atoms in total. The molecular formula is C24H21BrN2O3S. The number of terminal acetylenes is 1. The Kier molecular flexibility index (Phi) is 7.26. The Balaban J connectivity index is 1.81.